The molecule has 0 spiro atoms. The summed E-state index contributed by atoms with van der Waals surface area (Å²) in [6, 6.07) is 14.1. The minimum Gasteiger partial charge on any atom is -0.298 e. The number of hydrogen-bond acceptors (Lipinski definition) is 1. The molecule has 0 atom stereocenters. The van der Waals surface area contributed by atoms with Crippen molar-refractivity contribution in [2.75, 3.05) is 13.1 Å². The summed E-state index contributed by atoms with van der Waals surface area (Å²) in [5, 5.41) is 0. The Labute approximate surface area is 165 Å². The van der Waals surface area contributed by atoms with E-state index in [4.69, 9.17) is 0 Å². The smallest absolute Gasteiger partial charge is 0.0236 e. The quantitative estimate of drug-likeness (QED) is 0.520. The van der Waals surface area contributed by atoms with Crippen molar-refractivity contribution >= 4 is 0 Å². The maximum absolute atomic E-state index is 2.67. The van der Waals surface area contributed by atoms with Gasteiger partial charge in [0.15, 0.2) is 0 Å². The van der Waals surface area contributed by atoms with E-state index in [1.54, 1.807) is 11.1 Å². The van der Waals surface area contributed by atoms with Gasteiger partial charge in [0.25, 0.3) is 0 Å². The minimum atomic E-state index is 0.601. The molecule has 2 aliphatic rings. The van der Waals surface area contributed by atoms with E-state index in [9.17, 15) is 0 Å². The number of aryl methyl sites for hydroxylation is 2. The van der Waals surface area contributed by atoms with Gasteiger partial charge in [-0.2, -0.15) is 0 Å². The molecule has 2 aromatic rings. The molecule has 1 heteroatoms. The van der Waals surface area contributed by atoms with Gasteiger partial charge in [-0.15, -0.1) is 0 Å². The Morgan fingerprint density at radius 2 is 1.70 bits per heavy atom. The van der Waals surface area contributed by atoms with E-state index in [0.29, 0.717) is 5.41 Å². The molecule has 2 aromatic carbocycles. The fraction of sp³-hybridized carbons (Fsp3) is 0.538. The lowest BCUT2D eigenvalue weighted by molar-refractivity contribution is -0.0163. The van der Waals surface area contributed by atoms with Crippen LogP contribution in [0.4, 0.5) is 0 Å². The first kappa shape index (κ1) is 18.7. The van der Waals surface area contributed by atoms with Gasteiger partial charge < -0.3 is 0 Å². The minimum absolute atomic E-state index is 0.601. The van der Waals surface area contributed by atoms with Crippen LogP contribution in [0.3, 0.4) is 0 Å². The summed E-state index contributed by atoms with van der Waals surface area (Å²) < 4.78 is 0. The number of hydrogen-bond donors (Lipinski definition) is 0. The molecule has 0 bridgehead atoms. The predicted molar refractivity (Wildman–Crippen MR) is 116 cm³/mol. The maximum atomic E-state index is 2.67. The fourth-order valence-electron chi connectivity index (χ4n) is 5.00. The molecule has 0 unspecified atom stereocenters. The number of rotatable bonds is 7. The molecule has 1 heterocycles. The summed E-state index contributed by atoms with van der Waals surface area (Å²) in [6.45, 7) is 12.9. The largest absolute Gasteiger partial charge is 0.298 e. The predicted octanol–water partition coefficient (Wildman–Crippen LogP) is 6.86. The first-order chi connectivity index (χ1) is 13.0. The van der Waals surface area contributed by atoms with Gasteiger partial charge in [-0.3, -0.25) is 4.90 Å². The lowest BCUT2D eigenvalue weighted by Crippen LogP contribution is -2.55. The SMILES string of the molecule is CCCC1(CC)CN(Cc2cc(C3CC3)c(-c3ccc(C)cc3)cc2C)C1. The summed E-state index contributed by atoms with van der Waals surface area (Å²) in [6.07, 6.45) is 6.76. The van der Waals surface area contributed by atoms with Crippen molar-refractivity contribution in [2.24, 2.45) is 5.41 Å². The average molecular weight is 362 g/mol. The topological polar surface area (TPSA) is 3.24 Å². The summed E-state index contributed by atoms with van der Waals surface area (Å²) in [5.41, 5.74) is 9.39. The third-order valence-electron chi connectivity index (χ3n) is 6.93. The number of nitrogens with zero attached hydrogens (tertiary/aromatic N) is 1. The van der Waals surface area contributed by atoms with E-state index in [-0.39, 0.29) is 0 Å². The van der Waals surface area contributed by atoms with Gasteiger partial charge in [-0.1, -0.05) is 62.2 Å². The van der Waals surface area contributed by atoms with Crippen LogP contribution in [-0.4, -0.2) is 18.0 Å². The molecule has 27 heavy (non-hydrogen) atoms. The van der Waals surface area contributed by atoms with Gasteiger partial charge in [0.2, 0.25) is 0 Å². The van der Waals surface area contributed by atoms with Crippen molar-refractivity contribution in [3.05, 3.63) is 58.7 Å². The standard InChI is InChI=1S/C26H35N/c1-5-13-26(6-2)17-27(18-26)16-23-15-25(22-11-12-22)24(14-20(23)4)21-9-7-19(3)8-10-21/h7-10,14-15,22H,5-6,11-13,16-18H2,1-4H3. The van der Waals surface area contributed by atoms with Crippen LogP contribution in [0.5, 0.6) is 0 Å². The van der Waals surface area contributed by atoms with Gasteiger partial charge in [0.05, 0.1) is 0 Å². The van der Waals surface area contributed by atoms with E-state index in [1.165, 1.54) is 67.4 Å². The molecular formula is C26H35N. The fourth-order valence-corrected chi connectivity index (χ4v) is 5.00. The van der Waals surface area contributed by atoms with Crippen LogP contribution in [-0.2, 0) is 6.54 Å². The Balaban J connectivity index is 1.56. The van der Waals surface area contributed by atoms with Crippen molar-refractivity contribution in [3.63, 3.8) is 0 Å². The first-order valence-electron chi connectivity index (χ1n) is 11.0. The zero-order chi connectivity index (χ0) is 19.0. The Morgan fingerprint density at radius 1 is 1.00 bits per heavy atom. The summed E-state index contributed by atoms with van der Waals surface area (Å²) in [5.74, 6) is 0.784. The van der Waals surface area contributed by atoms with E-state index in [2.05, 4.69) is 69.0 Å². The van der Waals surface area contributed by atoms with Crippen LogP contribution in [0.25, 0.3) is 11.1 Å². The molecule has 0 aromatic heterocycles. The second-order valence-corrected chi connectivity index (χ2v) is 9.25. The average Bonchev–Trinajstić information content (AvgIpc) is 3.46. The van der Waals surface area contributed by atoms with Crippen molar-refractivity contribution in [1.29, 1.82) is 0 Å². The molecule has 1 nitrogen and oxygen atoms in total. The van der Waals surface area contributed by atoms with Gasteiger partial charge in [0, 0.05) is 19.6 Å². The Kier molecular flexibility index (Phi) is 5.16. The van der Waals surface area contributed by atoms with Crippen LogP contribution in [0.1, 0.15) is 74.1 Å². The zero-order valence-electron chi connectivity index (χ0n) is 17.6. The van der Waals surface area contributed by atoms with Crippen LogP contribution >= 0.6 is 0 Å². The second-order valence-electron chi connectivity index (χ2n) is 9.25. The Hall–Kier alpha value is -1.60. The molecule has 0 N–H and O–H groups in total. The molecule has 0 radical (unpaired) electrons. The highest BCUT2D eigenvalue weighted by Gasteiger charge is 2.40. The highest BCUT2D eigenvalue weighted by molar-refractivity contribution is 5.70. The summed E-state index contributed by atoms with van der Waals surface area (Å²) in [7, 11) is 0. The van der Waals surface area contributed by atoms with E-state index in [0.717, 1.165) is 12.5 Å². The van der Waals surface area contributed by atoms with E-state index >= 15 is 0 Å². The Bertz CT molecular complexity index is 792. The molecule has 1 saturated heterocycles. The Morgan fingerprint density at radius 3 is 2.30 bits per heavy atom. The van der Waals surface area contributed by atoms with Gasteiger partial charge in [0.1, 0.15) is 0 Å². The molecule has 0 amide bonds. The molecule has 2 fully saturated rings. The summed E-state index contributed by atoms with van der Waals surface area (Å²) in [4.78, 5) is 2.67. The molecule has 4 rings (SSSR count). The molecule has 1 saturated carbocycles. The third kappa shape index (κ3) is 3.85. The van der Waals surface area contributed by atoms with Crippen molar-refractivity contribution in [3.8, 4) is 11.1 Å². The lowest BCUT2D eigenvalue weighted by atomic mass is 9.73. The molecule has 144 valence electrons. The highest BCUT2D eigenvalue weighted by Crippen LogP contribution is 2.46. The van der Waals surface area contributed by atoms with Crippen LogP contribution in [0.15, 0.2) is 36.4 Å². The van der Waals surface area contributed by atoms with Crippen LogP contribution in [0, 0.1) is 19.3 Å². The second kappa shape index (κ2) is 7.43. The van der Waals surface area contributed by atoms with Crippen molar-refractivity contribution < 1.29 is 0 Å². The van der Waals surface area contributed by atoms with Gasteiger partial charge in [-0.05, 0) is 78.7 Å². The van der Waals surface area contributed by atoms with Gasteiger partial charge in [-0.25, -0.2) is 0 Å². The van der Waals surface area contributed by atoms with Crippen LogP contribution in [0.2, 0.25) is 0 Å². The van der Waals surface area contributed by atoms with Crippen molar-refractivity contribution in [1.82, 2.24) is 4.90 Å². The number of benzene rings is 2. The molecular weight excluding hydrogens is 326 g/mol. The van der Waals surface area contributed by atoms with E-state index in [1.807, 2.05) is 0 Å². The van der Waals surface area contributed by atoms with Crippen molar-refractivity contribution in [2.45, 2.75) is 72.3 Å². The van der Waals surface area contributed by atoms with Gasteiger partial charge >= 0.3 is 0 Å². The third-order valence-corrected chi connectivity index (χ3v) is 6.93. The molecule has 1 aliphatic carbocycles. The highest BCUT2D eigenvalue weighted by atomic mass is 15.2. The molecule has 1 aliphatic heterocycles. The zero-order valence-corrected chi connectivity index (χ0v) is 17.6. The monoisotopic (exact) mass is 361 g/mol. The summed E-state index contributed by atoms with van der Waals surface area (Å²) >= 11 is 0. The maximum Gasteiger partial charge on any atom is 0.0236 e. The van der Waals surface area contributed by atoms with E-state index < -0.39 is 0 Å². The lowest BCUT2D eigenvalue weighted by Gasteiger charge is -2.50. The first-order valence-corrected chi connectivity index (χ1v) is 11.0. The normalized spacial score (nSPS) is 19.1. The number of likely N-dealkylation sites (tertiary alicyclic amines) is 1. The van der Waals surface area contributed by atoms with Crippen LogP contribution < -0.4 is 0 Å².